The van der Waals surface area contributed by atoms with Crippen LogP contribution in [-0.2, 0) is 18.3 Å². The molecule has 0 saturated carbocycles. The molecule has 1 N–H and O–H groups in total. The molecule has 8 nitrogen and oxygen atoms in total. The molecule has 0 aliphatic rings. The lowest BCUT2D eigenvalue weighted by Gasteiger charge is -2.24. The molecule has 42 heavy (non-hydrogen) atoms. The number of carbonyl (C=O) groups excluding carboxylic acids is 2. The summed E-state index contributed by atoms with van der Waals surface area (Å²) in [6.45, 7) is 5.98. The minimum absolute atomic E-state index is 0.0453. The molecule has 0 spiro atoms. The van der Waals surface area contributed by atoms with Crippen molar-refractivity contribution in [2.45, 2.75) is 46.5 Å². The van der Waals surface area contributed by atoms with E-state index in [0.29, 0.717) is 30.8 Å². The summed E-state index contributed by atoms with van der Waals surface area (Å²) < 4.78 is 35.4. The number of alkyl halides is 1. The molecule has 3 rings (SSSR count). The molecule has 11 heteroatoms. The average molecular weight is 605 g/mol. The third kappa shape index (κ3) is 8.29. The molecule has 0 fully saturated rings. The number of anilines is 1. The first-order valence-electron chi connectivity index (χ1n) is 13.9. The zero-order chi connectivity index (χ0) is 31.0. The monoisotopic (exact) mass is 604 g/mol. The zero-order valence-corrected chi connectivity index (χ0v) is 25.6. The summed E-state index contributed by atoms with van der Waals surface area (Å²) in [4.78, 5) is 41.7. The number of nitrogens with zero attached hydrogens (tertiary/aromatic N) is 3. The van der Waals surface area contributed by atoms with Crippen LogP contribution in [0.25, 0.3) is 5.69 Å². The number of rotatable bonds is 15. The van der Waals surface area contributed by atoms with E-state index in [4.69, 9.17) is 16.3 Å². The van der Waals surface area contributed by atoms with Crippen molar-refractivity contribution in [1.82, 2.24) is 14.3 Å². The van der Waals surface area contributed by atoms with E-state index in [0.717, 1.165) is 6.07 Å². The molecule has 0 unspecified atom stereocenters. The number of halogens is 3. The first kappa shape index (κ1) is 33.0. The van der Waals surface area contributed by atoms with Gasteiger partial charge in [-0.05, 0) is 44.0 Å². The normalized spacial score (nSPS) is 11.6. The molecule has 228 valence electrons. The lowest BCUT2D eigenvalue weighted by Crippen LogP contribution is -2.27. The predicted octanol–water partition coefficient (Wildman–Crippen LogP) is 5.83. The van der Waals surface area contributed by atoms with Crippen molar-refractivity contribution in [3.8, 4) is 11.4 Å². The smallest absolute Gasteiger partial charge is 0.295 e. The maximum Gasteiger partial charge on any atom is 0.295 e. The Bertz CT molecular complexity index is 1450. The van der Waals surface area contributed by atoms with Gasteiger partial charge in [-0.1, -0.05) is 43.6 Å². The summed E-state index contributed by atoms with van der Waals surface area (Å²) in [6.07, 6.45) is 0.895. The Kier molecular flexibility index (Phi) is 11.5. The number of benzene rings is 2. The summed E-state index contributed by atoms with van der Waals surface area (Å²) in [6, 6.07) is 11.5. The van der Waals surface area contributed by atoms with Crippen molar-refractivity contribution >= 4 is 29.0 Å². The number of likely N-dealkylation sites (N-methyl/N-ethyl adjacent to an activating group) is 1. The van der Waals surface area contributed by atoms with Crippen LogP contribution in [0, 0.1) is 11.2 Å². The van der Waals surface area contributed by atoms with Gasteiger partial charge in [-0.15, -0.1) is 0 Å². The molecule has 1 heterocycles. The zero-order valence-electron chi connectivity index (χ0n) is 24.8. The van der Waals surface area contributed by atoms with Crippen LogP contribution >= 0.6 is 11.6 Å². The number of amides is 1. The van der Waals surface area contributed by atoms with Gasteiger partial charge in [-0.2, -0.15) is 0 Å². The maximum absolute atomic E-state index is 13.9. The topological polar surface area (TPSA) is 85.6 Å². The summed E-state index contributed by atoms with van der Waals surface area (Å²) in [5.41, 5.74) is 0.655. The fourth-order valence-electron chi connectivity index (χ4n) is 4.79. The minimum atomic E-state index is -0.672. The molecule has 0 aliphatic carbocycles. The second kappa shape index (κ2) is 14.6. The number of Topliss-reactive ketones (excluding diaryl/α,β-unsaturated/α-hetero) is 1. The summed E-state index contributed by atoms with van der Waals surface area (Å²) in [7, 11) is 3.55. The number of para-hydroxylation sites is 1. The van der Waals surface area contributed by atoms with Crippen molar-refractivity contribution in [1.29, 1.82) is 0 Å². The molecule has 0 saturated heterocycles. The van der Waals surface area contributed by atoms with Crippen LogP contribution in [0.3, 0.4) is 0 Å². The second-order valence-electron chi connectivity index (χ2n) is 11.0. The third-order valence-corrected chi connectivity index (χ3v) is 7.43. The number of hydrogen-bond acceptors (Lipinski definition) is 5. The Hall–Kier alpha value is -3.50. The van der Waals surface area contributed by atoms with Crippen molar-refractivity contribution in [3.63, 3.8) is 0 Å². The number of ether oxygens (including phenoxy) is 1. The van der Waals surface area contributed by atoms with E-state index in [1.165, 1.54) is 10.7 Å². The Morgan fingerprint density at radius 1 is 1.14 bits per heavy atom. The number of ketones is 1. The van der Waals surface area contributed by atoms with Crippen LogP contribution in [0.4, 0.5) is 14.5 Å². The van der Waals surface area contributed by atoms with Gasteiger partial charge in [0.1, 0.15) is 23.9 Å². The second-order valence-corrected chi connectivity index (χ2v) is 11.5. The minimum Gasteiger partial charge on any atom is -0.493 e. The summed E-state index contributed by atoms with van der Waals surface area (Å²) in [5.74, 6) is -1.19. The summed E-state index contributed by atoms with van der Waals surface area (Å²) >= 11 is 5.91. The van der Waals surface area contributed by atoms with Gasteiger partial charge in [0.15, 0.2) is 5.78 Å². The molecule has 0 bridgehead atoms. The molecular weight excluding hydrogens is 566 g/mol. The van der Waals surface area contributed by atoms with E-state index in [2.05, 4.69) is 5.32 Å². The molecule has 2 aromatic carbocycles. The van der Waals surface area contributed by atoms with Gasteiger partial charge in [-0.25, -0.2) is 13.5 Å². The first-order valence-corrected chi connectivity index (χ1v) is 14.3. The van der Waals surface area contributed by atoms with Crippen LogP contribution in [-0.4, -0.2) is 59.4 Å². The largest absolute Gasteiger partial charge is 0.493 e. The van der Waals surface area contributed by atoms with E-state index in [-0.39, 0.29) is 65.3 Å². The lowest BCUT2D eigenvalue weighted by atomic mass is 9.82. The number of hydrogen-bond donors (Lipinski definition) is 1. The maximum atomic E-state index is 13.9. The highest BCUT2D eigenvalue weighted by Crippen LogP contribution is 2.32. The van der Waals surface area contributed by atoms with Crippen LogP contribution in [0.1, 0.15) is 56.1 Å². The van der Waals surface area contributed by atoms with E-state index in [9.17, 15) is 23.2 Å². The van der Waals surface area contributed by atoms with E-state index < -0.39 is 17.9 Å². The van der Waals surface area contributed by atoms with Crippen LogP contribution in [0.5, 0.6) is 5.75 Å². The van der Waals surface area contributed by atoms with Gasteiger partial charge in [0.2, 0.25) is 5.91 Å². The molecular formula is C31H39ClF2N4O4. The van der Waals surface area contributed by atoms with Gasteiger partial charge >= 0.3 is 0 Å². The predicted molar refractivity (Wildman–Crippen MR) is 161 cm³/mol. The van der Waals surface area contributed by atoms with Gasteiger partial charge in [0.25, 0.3) is 5.56 Å². The van der Waals surface area contributed by atoms with Gasteiger partial charge in [0, 0.05) is 45.5 Å². The molecule has 0 radical (unpaired) electrons. The van der Waals surface area contributed by atoms with E-state index >= 15 is 0 Å². The van der Waals surface area contributed by atoms with Gasteiger partial charge in [0.05, 0.1) is 28.6 Å². The summed E-state index contributed by atoms with van der Waals surface area (Å²) in [5, 5.41) is 2.66. The third-order valence-electron chi connectivity index (χ3n) is 7.14. The highest BCUT2D eigenvalue weighted by Gasteiger charge is 2.27. The van der Waals surface area contributed by atoms with Crippen molar-refractivity contribution in [3.05, 3.63) is 74.9 Å². The number of aromatic nitrogens is 2. The molecule has 1 aromatic heterocycles. The van der Waals surface area contributed by atoms with E-state index in [1.54, 1.807) is 37.8 Å². The quantitative estimate of drug-likeness (QED) is 0.221. The Labute approximate surface area is 250 Å². The van der Waals surface area contributed by atoms with Gasteiger partial charge in [-0.3, -0.25) is 19.1 Å². The average Bonchev–Trinajstić information content (AvgIpc) is 3.16. The lowest BCUT2D eigenvalue weighted by molar-refractivity contribution is -0.118. The van der Waals surface area contributed by atoms with Crippen LogP contribution < -0.4 is 15.6 Å². The highest BCUT2D eigenvalue weighted by atomic mass is 35.5. The Morgan fingerprint density at radius 2 is 1.83 bits per heavy atom. The van der Waals surface area contributed by atoms with Gasteiger partial charge < -0.3 is 15.0 Å². The van der Waals surface area contributed by atoms with Crippen LogP contribution in [0.15, 0.2) is 47.3 Å². The highest BCUT2D eigenvalue weighted by molar-refractivity contribution is 6.31. The standard InChI is InChI=1S/C31H39ClF2N4O4/c1-6-42-27-19-24(34)23(32)18-22(27)26(39)12-14-31(2,3)20-28(40)35-29-25(13-16-36(4)17-15-33)37(5)38(30(29)41)21-10-8-7-9-11-21/h7-11,18-19H,6,12-17,20H2,1-5H3,(H,35,40). The van der Waals surface area contributed by atoms with Crippen molar-refractivity contribution < 1.29 is 23.1 Å². The molecule has 0 atom stereocenters. The van der Waals surface area contributed by atoms with Crippen molar-refractivity contribution in [2.75, 3.05) is 38.7 Å². The van der Waals surface area contributed by atoms with E-state index in [1.807, 2.05) is 36.9 Å². The molecule has 3 aromatic rings. The number of nitrogens with one attached hydrogen (secondary N) is 1. The fraction of sp³-hybridized carbons (Fsp3) is 0.452. The SMILES string of the molecule is CCOc1cc(F)c(Cl)cc1C(=O)CCC(C)(C)CC(=O)Nc1c(CCN(C)CCF)n(C)n(-c2ccccc2)c1=O. The first-order chi connectivity index (χ1) is 19.9. The van der Waals surface area contributed by atoms with Crippen molar-refractivity contribution in [2.24, 2.45) is 12.5 Å². The van der Waals surface area contributed by atoms with Crippen LogP contribution in [0.2, 0.25) is 5.02 Å². The fourth-order valence-corrected chi connectivity index (χ4v) is 4.95. The Balaban J connectivity index is 1.78. The Morgan fingerprint density at radius 3 is 2.48 bits per heavy atom. The number of carbonyl (C=O) groups is 2. The molecule has 1 amide bonds. The molecule has 0 aliphatic heterocycles.